The Morgan fingerprint density at radius 3 is 2.72 bits per heavy atom. The van der Waals surface area contributed by atoms with Gasteiger partial charge < -0.3 is 20.1 Å². The third kappa shape index (κ3) is 3.99. The monoisotopic (exact) mass is 258 g/mol. The Labute approximate surface area is 105 Å². The zero-order valence-electron chi connectivity index (χ0n) is 10.3. The van der Waals surface area contributed by atoms with Crippen LogP contribution in [0.15, 0.2) is 0 Å². The number of hydrogen-bond acceptors (Lipinski definition) is 4. The van der Waals surface area contributed by atoms with Crippen LogP contribution in [0.2, 0.25) is 0 Å². The molecule has 2 amide bonds. The van der Waals surface area contributed by atoms with Gasteiger partial charge in [-0.05, 0) is 6.42 Å². The van der Waals surface area contributed by atoms with Crippen molar-refractivity contribution in [3.8, 4) is 0 Å². The summed E-state index contributed by atoms with van der Waals surface area (Å²) in [7, 11) is 1.50. The molecule has 7 heteroatoms. The molecule has 18 heavy (non-hydrogen) atoms. The fraction of sp³-hybridized carbons (Fsp3) is 0.727. The number of morpholine rings is 1. The van der Waals surface area contributed by atoms with E-state index < -0.39 is 12.0 Å². The van der Waals surface area contributed by atoms with Gasteiger partial charge in [0.25, 0.3) is 0 Å². The minimum Gasteiger partial charge on any atom is -0.481 e. The van der Waals surface area contributed by atoms with Gasteiger partial charge in [0, 0.05) is 26.4 Å². The van der Waals surface area contributed by atoms with Crippen molar-refractivity contribution in [2.24, 2.45) is 0 Å². The van der Waals surface area contributed by atoms with Gasteiger partial charge in [-0.1, -0.05) is 0 Å². The number of carboxylic acid groups (broad SMARTS) is 1. The van der Waals surface area contributed by atoms with E-state index in [1.54, 1.807) is 0 Å². The van der Waals surface area contributed by atoms with E-state index in [4.69, 9.17) is 9.84 Å². The van der Waals surface area contributed by atoms with E-state index in [1.165, 1.54) is 11.9 Å². The second kappa shape index (κ2) is 6.95. The van der Waals surface area contributed by atoms with Crippen LogP contribution in [0.25, 0.3) is 0 Å². The number of nitrogens with zero attached hydrogens (tertiary/aromatic N) is 1. The van der Waals surface area contributed by atoms with Gasteiger partial charge in [-0.3, -0.25) is 14.4 Å². The van der Waals surface area contributed by atoms with Gasteiger partial charge in [-0.15, -0.1) is 0 Å². The summed E-state index contributed by atoms with van der Waals surface area (Å²) in [5, 5.41) is 11.0. The normalized spacial score (nSPS) is 19.4. The Morgan fingerprint density at radius 1 is 1.39 bits per heavy atom. The number of carbonyl (C=O) groups is 3. The second-order valence-electron chi connectivity index (χ2n) is 4.04. The van der Waals surface area contributed by atoms with Crippen LogP contribution >= 0.6 is 0 Å². The first kappa shape index (κ1) is 14.4. The number of amides is 2. The van der Waals surface area contributed by atoms with Gasteiger partial charge in [0.15, 0.2) is 0 Å². The van der Waals surface area contributed by atoms with Crippen LogP contribution in [0.4, 0.5) is 0 Å². The molecule has 1 atom stereocenters. The molecule has 1 fully saturated rings. The highest BCUT2D eigenvalue weighted by Gasteiger charge is 2.31. The number of ether oxygens (including phenoxy) is 1. The lowest BCUT2D eigenvalue weighted by molar-refractivity contribution is -0.148. The van der Waals surface area contributed by atoms with Crippen molar-refractivity contribution in [2.75, 3.05) is 26.8 Å². The van der Waals surface area contributed by atoms with Crippen LogP contribution in [-0.4, -0.2) is 60.6 Å². The minimum absolute atomic E-state index is 0.0410. The number of carboxylic acids is 1. The maximum atomic E-state index is 11.9. The molecule has 0 radical (unpaired) electrons. The number of carbonyl (C=O) groups excluding carboxylic acids is 2. The highest BCUT2D eigenvalue weighted by atomic mass is 16.5. The molecule has 1 aliphatic heterocycles. The summed E-state index contributed by atoms with van der Waals surface area (Å²) in [5.74, 6) is -1.39. The molecular formula is C11H18N2O5. The van der Waals surface area contributed by atoms with Crippen LogP contribution in [0, 0.1) is 0 Å². The average Bonchev–Trinajstić information content (AvgIpc) is 2.37. The van der Waals surface area contributed by atoms with Crippen molar-refractivity contribution >= 4 is 17.8 Å². The Kier molecular flexibility index (Phi) is 5.57. The molecule has 0 spiro atoms. The lowest BCUT2D eigenvalue weighted by atomic mass is 10.1. The van der Waals surface area contributed by atoms with E-state index in [1.807, 2.05) is 0 Å². The van der Waals surface area contributed by atoms with Crippen molar-refractivity contribution in [1.82, 2.24) is 10.2 Å². The topological polar surface area (TPSA) is 95.9 Å². The molecule has 1 rings (SSSR count). The molecule has 7 nitrogen and oxygen atoms in total. The first-order valence-electron chi connectivity index (χ1n) is 5.87. The first-order chi connectivity index (χ1) is 8.56. The van der Waals surface area contributed by atoms with Gasteiger partial charge in [0.05, 0.1) is 13.2 Å². The Bertz CT molecular complexity index is 331. The first-order valence-corrected chi connectivity index (χ1v) is 5.87. The van der Waals surface area contributed by atoms with Gasteiger partial charge in [0.2, 0.25) is 11.8 Å². The molecule has 0 aromatic carbocycles. The summed E-state index contributed by atoms with van der Waals surface area (Å²) in [6.45, 7) is 0.951. The Hall–Kier alpha value is -1.63. The van der Waals surface area contributed by atoms with Gasteiger partial charge in [-0.2, -0.15) is 0 Å². The van der Waals surface area contributed by atoms with E-state index in [0.29, 0.717) is 13.2 Å². The minimum atomic E-state index is -0.923. The molecule has 1 heterocycles. The zero-order valence-corrected chi connectivity index (χ0v) is 10.3. The zero-order chi connectivity index (χ0) is 13.5. The highest BCUT2D eigenvalue weighted by molar-refractivity contribution is 5.88. The lowest BCUT2D eigenvalue weighted by Gasteiger charge is -2.34. The molecule has 1 aliphatic rings. The summed E-state index contributed by atoms with van der Waals surface area (Å²) in [6, 6.07) is -0.610. The highest BCUT2D eigenvalue weighted by Crippen LogP contribution is 2.11. The maximum Gasteiger partial charge on any atom is 0.303 e. The maximum absolute atomic E-state index is 11.9. The summed E-state index contributed by atoms with van der Waals surface area (Å²) in [5.41, 5.74) is 0. The molecule has 0 bridgehead atoms. The summed E-state index contributed by atoms with van der Waals surface area (Å²) >= 11 is 0. The van der Waals surface area contributed by atoms with Crippen LogP contribution < -0.4 is 5.32 Å². The predicted octanol–water partition coefficient (Wildman–Crippen LogP) is -0.785. The van der Waals surface area contributed by atoms with Crippen molar-refractivity contribution in [3.63, 3.8) is 0 Å². The van der Waals surface area contributed by atoms with Crippen LogP contribution in [0.1, 0.15) is 19.3 Å². The predicted molar refractivity (Wildman–Crippen MR) is 61.9 cm³/mol. The third-order valence-corrected chi connectivity index (χ3v) is 2.78. The number of hydrogen-bond donors (Lipinski definition) is 2. The standard InChI is InChI=1S/C11H18N2O5/c1-12-11(17)8-7-18-6-5-13(8)9(14)3-2-4-10(15)16/h8H,2-7H2,1H3,(H,12,17)(H,15,16). The number of nitrogens with one attached hydrogen (secondary N) is 1. The van der Waals surface area contributed by atoms with E-state index in [-0.39, 0.29) is 37.7 Å². The molecule has 102 valence electrons. The summed E-state index contributed by atoms with van der Waals surface area (Å²) in [4.78, 5) is 35.3. The lowest BCUT2D eigenvalue weighted by Crippen LogP contribution is -2.55. The van der Waals surface area contributed by atoms with Crippen molar-refractivity contribution in [1.29, 1.82) is 0 Å². The van der Waals surface area contributed by atoms with Gasteiger partial charge in [0.1, 0.15) is 6.04 Å². The summed E-state index contributed by atoms with van der Waals surface area (Å²) < 4.78 is 5.18. The van der Waals surface area contributed by atoms with Gasteiger partial charge >= 0.3 is 5.97 Å². The van der Waals surface area contributed by atoms with Crippen LogP contribution in [0.5, 0.6) is 0 Å². The number of aliphatic carboxylic acids is 1. The fourth-order valence-electron chi connectivity index (χ4n) is 1.82. The van der Waals surface area contributed by atoms with Crippen LogP contribution in [0.3, 0.4) is 0 Å². The molecule has 0 saturated carbocycles. The number of likely N-dealkylation sites (N-methyl/N-ethyl adjacent to an activating group) is 1. The van der Waals surface area contributed by atoms with E-state index in [9.17, 15) is 14.4 Å². The Balaban J connectivity index is 2.52. The summed E-state index contributed by atoms with van der Waals surface area (Å²) in [6.07, 6.45) is 0.381. The molecule has 0 aromatic rings. The third-order valence-electron chi connectivity index (χ3n) is 2.78. The quantitative estimate of drug-likeness (QED) is 0.674. The van der Waals surface area contributed by atoms with E-state index in [0.717, 1.165) is 0 Å². The van der Waals surface area contributed by atoms with Crippen molar-refractivity contribution in [2.45, 2.75) is 25.3 Å². The fourth-order valence-corrected chi connectivity index (χ4v) is 1.82. The largest absolute Gasteiger partial charge is 0.481 e. The molecule has 1 unspecified atom stereocenters. The number of rotatable bonds is 5. The molecule has 2 N–H and O–H groups in total. The van der Waals surface area contributed by atoms with Crippen molar-refractivity contribution in [3.05, 3.63) is 0 Å². The second-order valence-corrected chi connectivity index (χ2v) is 4.04. The smallest absolute Gasteiger partial charge is 0.303 e. The van der Waals surface area contributed by atoms with E-state index >= 15 is 0 Å². The van der Waals surface area contributed by atoms with E-state index in [2.05, 4.69) is 5.32 Å². The molecule has 0 aromatic heterocycles. The average molecular weight is 258 g/mol. The molecular weight excluding hydrogens is 240 g/mol. The van der Waals surface area contributed by atoms with Gasteiger partial charge in [-0.25, -0.2) is 0 Å². The SMILES string of the molecule is CNC(=O)C1COCCN1C(=O)CCCC(=O)O. The molecule has 0 aliphatic carbocycles. The molecule has 1 saturated heterocycles. The Morgan fingerprint density at radius 2 is 2.11 bits per heavy atom. The van der Waals surface area contributed by atoms with Crippen LogP contribution in [-0.2, 0) is 19.1 Å². The van der Waals surface area contributed by atoms with Crippen molar-refractivity contribution < 1.29 is 24.2 Å².